The van der Waals surface area contributed by atoms with Crippen molar-refractivity contribution in [2.24, 2.45) is 0 Å². The third kappa shape index (κ3) is 6.06. The summed E-state index contributed by atoms with van der Waals surface area (Å²) in [5, 5.41) is 4.98. The first-order valence-corrected chi connectivity index (χ1v) is 20.9. The average Bonchev–Trinajstić information content (AvgIpc) is 3.87. The van der Waals surface area contributed by atoms with E-state index < -0.39 is 0 Å². The molecule has 0 aliphatic carbocycles. The number of nitrogens with zero attached hydrogens (tertiary/aromatic N) is 5. The van der Waals surface area contributed by atoms with Crippen molar-refractivity contribution in [2.75, 3.05) is 0 Å². The van der Waals surface area contributed by atoms with Crippen molar-refractivity contribution < 1.29 is 0 Å². The average molecular weight is 792 g/mol. The molecule has 0 unspecified atom stereocenters. The second kappa shape index (κ2) is 14.7. The van der Waals surface area contributed by atoms with Crippen LogP contribution in [0.1, 0.15) is 0 Å². The summed E-state index contributed by atoms with van der Waals surface area (Å²) in [4.78, 5) is 15.4. The van der Waals surface area contributed by atoms with E-state index in [1.165, 1.54) is 43.6 Å². The van der Waals surface area contributed by atoms with Crippen LogP contribution < -0.4 is 0 Å². The number of hydrogen-bond donors (Lipinski definition) is 0. The van der Waals surface area contributed by atoms with E-state index in [-0.39, 0.29) is 0 Å². The predicted octanol–water partition coefficient (Wildman–Crippen LogP) is 14.4. The first-order valence-electron chi connectivity index (χ1n) is 20.9. The Morgan fingerprint density at radius 2 is 0.516 bits per heavy atom. The number of rotatable bonds is 7. The lowest BCUT2D eigenvalue weighted by Crippen LogP contribution is -2.00. The monoisotopic (exact) mass is 791 g/mol. The maximum atomic E-state index is 5.19. The van der Waals surface area contributed by atoms with E-state index in [4.69, 9.17) is 15.0 Å². The van der Waals surface area contributed by atoms with E-state index in [1.807, 2.05) is 18.2 Å². The molecule has 5 heteroatoms. The van der Waals surface area contributed by atoms with E-state index in [0.717, 1.165) is 50.3 Å². The molecule has 0 aliphatic rings. The molecule has 0 radical (unpaired) electrons. The van der Waals surface area contributed by atoms with Crippen LogP contribution in [0.25, 0.3) is 111 Å². The summed E-state index contributed by atoms with van der Waals surface area (Å²) in [6, 6.07) is 79.3. The summed E-state index contributed by atoms with van der Waals surface area (Å²) >= 11 is 0. The van der Waals surface area contributed by atoms with Gasteiger partial charge in [0.2, 0.25) is 0 Å². The minimum atomic E-state index is 0.619. The van der Waals surface area contributed by atoms with E-state index >= 15 is 0 Å². The Balaban J connectivity index is 0.943. The molecule has 3 aromatic heterocycles. The number of benzene rings is 9. The van der Waals surface area contributed by atoms with Crippen molar-refractivity contribution in [3.05, 3.63) is 224 Å². The van der Waals surface area contributed by atoms with Crippen LogP contribution in [0, 0.1) is 0 Å². The zero-order valence-electron chi connectivity index (χ0n) is 33.6. The fourth-order valence-corrected chi connectivity index (χ4v) is 9.08. The lowest BCUT2D eigenvalue weighted by atomic mass is 10.0. The molecule has 0 saturated heterocycles. The molecular weight excluding hydrogens is 755 g/mol. The van der Waals surface area contributed by atoms with Gasteiger partial charge >= 0.3 is 0 Å². The van der Waals surface area contributed by atoms with Crippen LogP contribution in [0.5, 0.6) is 0 Å². The third-order valence-electron chi connectivity index (χ3n) is 11.9. The van der Waals surface area contributed by atoms with Crippen molar-refractivity contribution in [3.63, 3.8) is 0 Å². The van der Waals surface area contributed by atoms with Gasteiger partial charge in [0, 0.05) is 49.6 Å². The number of para-hydroxylation sites is 4. The molecule has 0 fully saturated rings. The van der Waals surface area contributed by atoms with E-state index in [0.29, 0.717) is 17.5 Å². The molecule has 0 N–H and O–H groups in total. The highest BCUT2D eigenvalue weighted by molar-refractivity contribution is 6.10. The molecule has 3 heterocycles. The summed E-state index contributed by atoms with van der Waals surface area (Å²) in [6.45, 7) is 0. The van der Waals surface area contributed by atoms with Crippen molar-refractivity contribution in [1.29, 1.82) is 0 Å². The Hall–Kier alpha value is -8.41. The summed E-state index contributed by atoms with van der Waals surface area (Å²) in [5.41, 5.74) is 14.1. The maximum Gasteiger partial charge on any atom is 0.164 e. The van der Waals surface area contributed by atoms with Crippen LogP contribution in [0.3, 0.4) is 0 Å². The molecule has 5 nitrogen and oxygen atoms in total. The Bertz CT molecular complexity index is 3330. The number of aromatic nitrogens is 5. The van der Waals surface area contributed by atoms with E-state index in [1.54, 1.807) is 0 Å². The maximum absolute atomic E-state index is 5.19. The molecule has 9 aromatic carbocycles. The number of fused-ring (bicyclic) bond motifs is 6. The quantitative estimate of drug-likeness (QED) is 0.162. The molecule has 0 amide bonds. The zero-order valence-corrected chi connectivity index (χ0v) is 33.6. The summed E-state index contributed by atoms with van der Waals surface area (Å²) in [6.07, 6.45) is 0. The van der Waals surface area contributed by atoms with Gasteiger partial charge in [-0.2, -0.15) is 0 Å². The van der Waals surface area contributed by atoms with Crippen LogP contribution in [0.15, 0.2) is 224 Å². The normalized spacial score (nSPS) is 11.5. The van der Waals surface area contributed by atoms with Gasteiger partial charge in [-0.05, 0) is 82.9 Å². The van der Waals surface area contributed by atoms with Crippen molar-refractivity contribution in [2.45, 2.75) is 0 Å². The minimum absolute atomic E-state index is 0.619. The first kappa shape index (κ1) is 35.5. The number of hydrogen-bond acceptors (Lipinski definition) is 3. The van der Waals surface area contributed by atoms with Gasteiger partial charge in [0.05, 0.1) is 22.1 Å². The molecule has 0 spiro atoms. The standard InChI is InChI=1S/C57H37N5/c1-2-16-38(17-3-1)55-58-56(43-22-12-18-39(34-43)41-20-14-24-45(36-41)61-51-30-8-4-26-47(51)48-27-5-9-31-52(48)61)60-57(59-55)44-23-13-19-40(35-44)42-21-15-25-46(37-42)62-53-32-10-6-28-49(53)50-29-7-11-33-54(50)62/h1-37H. The Morgan fingerprint density at radius 3 is 0.919 bits per heavy atom. The SMILES string of the molecule is c1ccc(-c2nc(-c3cccc(-c4cccc(-n5c6ccccc6c6ccccc65)c4)c3)nc(-c3cccc(-c4cccc(-n5c6ccccc6c6ccccc65)c4)c3)n2)cc1. The van der Waals surface area contributed by atoms with Crippen LogP contribution in [0.4, 0.5) is 0 Å². The Kier molecular flexibility index (Phi) is 8.42. The highest BCUT2D eigenvalue weighted by Gasteiger charge is 2.17. The summed E-state index contributed by atoms with van der Waals surface area (Å²) < 4.78 is 4.72. The minimum Gasteiger partial charge on any atom is -0.309 e. The van der Waals surface area contributed by atoms with Crippen LogP contribution in [0.2, 0.25) is 0 Å². The molecule has 0 atom stereocenters. The van der Waals surface area contributed by atoms with Gasteiger partial charge in [-0.3, -0.25) is 0 Å². The zero-order chi connectivity index (χ0) is 41.0. The van der Waals surface area contributed by atoms with Crippen LogP contribution in [-0.4, -0.2) is 24.1 Å². The van der Waals surface area contributed by atoms with Gasteiger partial charge in [0.15, 0.2) is 17.5 Å². The second-order valence-corrected chi connectivity index (χ2v) is 15.7. The van der Waals surface area contributed by atoms with Crippen molar-refractivity contribution >= 4 is 43.6 Å². The van der Waals surface area contributed by atoms with Crippen LogP contribution >= 0.6 is 0 Å². The molecule has 12 aromatic rings. The van der Waals surface area contributed by atoms with E-state index in [9.17, 15) is 0 Å². The predicted molar refractivity (Wildman–Crippen MR) is 256 cm³/mol. The largest absolute Gasteiger partial charge is 0.309 e. The molecule has 0 bridgehead atoms. The first-order chi connectivity index (χ1) is 30.7. The molecule has 62 heavy (non-hydrogen) atoms. The van der Waals surface area contributed by atoms with Gasteiger partial charge in [-0.15, -0.1) is 0 Å². The van der Waals surface area contributed by atoms with Crippen LogP contribution in [-0.2, 0) is 0 Å². The molecular formula is C57H37N5. The van der Waals surface area contributed by atoms with Crippen molar-refractivity contribution in [1.82, 2.24) is 24.1 Å². The summed E-state index contributed by atoms with van der Waals surface area (Å²) in [7, 11) is 0. The Morgan fingerprint density at radius 1 is 0.226 bits per heavy atom. The fraction of sp³-hybridized carbons (Fsp3) is 0. The van der Waals surface area contributed by atoms with Gasteiger partial charge in [0.1, 0.15) is 0 Å². The molecule has 290 valence electrons. The third-order valence-corrected chi connectivity index (χ3v) is 11.9. The Labute approximate surface area is 358 Å². The molecule has 12 rings (SSSR count). The lowest BCUT2D eigenvalue weighted by Gasteiger charge is -2.12. The summed E-state index contributed by atoms with van der Waals surface area (Å²) in [5.74, 6) is 1.86. The van der Waals surface area contributed by atoms with Crippen molar-refractivity contribution in [3.8, 4) is 67.8 Å². The lowest BCUT2D eigenvalue weighted by molar-refractivity contribution is 1.07. The second-order valence-electron chi connectivity index (χ2n) is 15.7. The van der Waals surface area contributed by atoms with E-state index in [2.05, 4.69) is 215 Å². The highest BCUT2D eigenvalue weighted by atomic mass is 15.0. The van der Waals surface area contributed by atoms with Gasteiger partial charge in [-0.25, -0.2) is 15.0 Å². The molecule has 0 aliphatic heterocycles. The van der Waals surface area contributed by atoms with Gasteiger partial charge < -0.3 is 9.13 Å². The molecule has 0 saturated carbocycles. The van der Waals surface area contributed by atoms with Gasteiger partial charge in [0.25, 0.3) is 0 Å². The topological polar surface area (TPSA) is 48.5 Å². The highest BCUT2D eigenvalue weighted by Crippen LogP contribution is 2.36. The van der Waals surface area contributed by atoms with Gasteiger partial charge in [-0.1, -0.05) is 164 Å². The fourth-order valence-electron chi connectivity index (χ4n) is 9.08. The smallest absolute Gasteiger partial charge is 0.164 e.